The Labute approximate surface area is 155 Å². The minimum absolute atomic E-state index is 0.177. The van der Waals surface area contributed by atoms with Crippen molar-refractivity contribution in [1.82, 2.24) is 19.7 Å². The van der Waals surface area contributed by atoms with Crippen molar-refractivity contribution in [2.24, 2.45) is 10.7 Å². The van der Waals surface area contributed by atoms with E-state index in [4.69, 9.17) is 18.0 Å². The van der Waals surface area contributed by atoms with Gasteiger partial charge in [0.1, 0.15) is 11.7 Å². The summed E-state index contributed by atoms with van der Waals surface area (Å²) in [5.74, 6) is 0.993. The molecule has 0 fully saturated rings. The first kappa shape index (κ1) is 18.1. The van der Waals surface area contributed by atoms with Gasteiger partial charge in [0.25, 0.3) is 5.91 Å². The molecule has 136 valence electrons. The molecular weight excluding hydrogens is 355 g/mol. The highest BCUT2D eigenvalue weighted by Gasteiger charge is 2.32. The lowest BCUT2D eigenvalue weighted by Crippen LogP contribution is -2.41. The van der Waals surface area contributed by atoms with E-state index in [-0.39, 0.29) is 22.8 Å². The number of aliphatic imine (C=N–C) groups is 1. The highest BCUT2D eigenvalue weighted by molar-refractivity contribution is 7.80. The summed E-state index contributed by atoms with van der Waals surface area (Å²) in [5.41, 5.74) is 6.18. The smallest absolute Gasteiger partial charge is 0.254 e. The van der Waals surface area contributed by atoms with Crippen molar-refractivity contribution in [2.75, 3.05) is 6.54 Å². The van der Waals surface area contributed by atoms with Crippen LogP contribution in [0.1, 0.15) is 48.3 Å². The van der Waals surface area contributed by atoms with Gasteiger partial charge in [-0.25, -0.2) is 9.38 Å². The number of thiocarbonyl (C=S) groups is 1. The largest absolute Gasteiger partial charge is 0.387 e. The van der Waals surface area contributed by atoms with Crippen molar-refractivity contribution in [1.29, 1.82) is 0 Å². The molecule has 2 aromatic rings. The van der Waals surface area contributed by atoms with Gasteiger partial charge in [0.2, 0.25) is 0 Å². The Hall–Kier alpha value is -2.68. The Morgan fingerprint density at radius 1 is 1.35 bits per heavy atom. The van der Waals surface area contributed by atoms with Crippen LogP contribution in [0, 0.1) is 5.82 Å². The molecule has 2 N–H and O–H groups in total. The van der Waals surface area contributed by atoms with E-state index in [0.717, 1.165) is 0 Å². The second-order valence-corrected chi connectivity index (χ2v) is 6.36. The molecule has 1 aromatic heterocycles. The standard InChI is InChI=1S/C17H19FN6OS/c1-3-13(19)20-16(26)15-22-21-14-10(2)23(8-9-24(14)15)17(25)11-4-6-12(18)7-5-11/h4-7,10H,3,8-9H2,1-2H3,(H2,19,20,26)/t10-/m1/s1. The second kappa shape index (κ2) is 7.28. The number of benzene rings is 1. The van der Waals surface area contributed by atoms with Crippen molar-refractivity contribution in [3.63, 3.8) is 0 Å². The van der Waals surface area contributed by atoms with E-state index < -0.39 is 0 Å². The Kier molecular flexibility index (Phi) is 5.08. The van der Waals surface area contributed by atoms with Gasteiger partial charge in [0.15, 0.2) is 16.6 Å². The van der Waals surface area contributed by atoms with Gasteiger partial charge >= 0.3 is 0 Å². The summed E-state index contributed by atoms with van der Waals surface area (Å²) in [6.07, 6.45) is 0.595. The Morgan fingerprint density at radius 3 is 2.69 bits per heavy atom. The fourth-order valence-electron chi connectivity index (χ4n) is 2.84. The van der Waals surface area contributed by atoms with E-state index in [2.05, 4.69) is 15.2 Å². The molecule has 7 nitrogen and oxygen atoms in total. The number of amides is 1. The van der Waals surface area contributed by atoms with E-state index in [1.807, 2.05) is 18.4 Å². The summed E-state index contributed by atoms with van der Waals surface area (Å²) in [4.78, 5) is 18.9. The van der Waals surface area contributed by atoms with E-state index >= 15 is 0 Å². The molecule has 0 aliphatic carbocycles. The number of nitrogens with two attached hydrogens (primary N) is 1. The first-order valence-corrected chi connectivity index (χ1v) is 8.70. The highest BCUT2D eigenvalue weighted by Crippen LogP contribution is 2.26. The maximum absolute atomic E-state index is 13.1. The molecule has 0 radical (unpaired) electrons. The monoisotopic (exact) mass is 374 g/mol. The topological polar surface area (TPSA) is 89.4 Å². The maximum atomic E-state index is 13.1. The summed E-state index contributed by atoms with van der Waals surface area (Å²) in [6.45, 7) is 4.72. The average Bonchev–Trinajstić information content (AvgIpc) is 3.07. The van der Waals surface area contributed by atoms with Crippen molar-refractivity contribution in [3.05, 3.63) is 47.3 Å². The molecule has 0 saturated heterocycles. The Bertz CT molecular complexity index is 876. The number of fused-ring (bicyclic) bond motifs is 1. The maximum Gasteiger partial charge on any atom is 0.254 e. The summed E-state index contributed by atoms with van der Waals surface area (Å²) < 4.78 is 15.0. The van der Waals surface area contributed by atoms with Crippen molar-refractivity contribution in [3.8, 4) is 0 Å². The first-order chi connectivity index (χ1) is 12.4. The zero-order valence-corrected chi connectivity index (χ0v) is 15.3. The summed E-state index contributed by atoms with van der Waals surface area (Å²) >= 11 is 5.30. The lowest BCUT2D eigenvalue weighted by Gasteiger charge is -2.33. The SMILES string of the molecule is CCC(N)=NC(=S)c1nnc2n1CCN(C(=O)c1ccc(F)cc1)[C@@H]2C. The highest BCUT2D eigenvalue weighted by atomic mass is 32.1. The molecule has 1 aromatic carbocycles. The van der Waals surface area contributed by atoms with Crippen LogP contribution in [0.5, 0.6) is 0 Å². The predicted molar refractivity (Wildman–Crippen MR) is 99.5 cm³/mol. The number of hydrogen-bond donors (Lipinski definition) is 1. The minimum atomic E-state index is -0.377. The molecule has 9 heteroatoms. The lowest BCUT2D eigenvalue weighted by molar-refractivity contribution is 0.0637. The number of carbonyl (C=O) groups excluding carboxylic acids is 1. The summed E-state index contributed by atoms with van der Waals surface area (Å²) in [6, 6.07) is 5.21. The van der Waals surface area contributed by atoms with Gasteiger partial charge in [0.05, 0.1) is 6.04 Å². The van der Waals surface area contributed by atoms with E-state index in [9.17, 15) is 9.18 Å². The Balaban J connectivity index is 1.85. The van der Waals surface area contributed by atoms with Crippen LogP contribution in [0.4, 0.5) is 4.39 Å². The molecule has 26 heavy (non-hydrogen) atoms. The van der Waals surface area contributed by atoms with Gasteiger partial charge in [0, 0.05) is 25.1 Å². The molecule has 0 unspecified atom stereocenters. The number of aromatic nitrogens is 3. The van der Waals surface area contributed by atoms with Gasteiger partial charge in [-0.05, 0) is 31.2 Å². The van der Waals surface area contributed by atoms with Gasteiger partial charge in [-0.2, -0.15) is 0 Å². The van der Waals surface area contributed by atoms with Crippen LogP contribution in [0.15, 0.2) is 29.3 Å². The van der Waals surface area contributed by atoms with Crippen LogP contribution in [-0.4, -0.2) is 42.9 Å². The van der Waals surface area contributed by atoms with E-state index in [1.165, 1.54) is 24.3 Å². The first-order valence-electron chi connectivity index (χ1n) is 8.29. The van der Waals surface area contributed by atoms with Gasteiger partial charge in [-0.3, -0.25) is 4.79 Å². The van der Waals surface area contributed by atoms with Crippen molar-refractivity contribution in [2.45, 2.75) is 32.9 Å². The zero-order valence-electron chi connectivity index (χ0n) is 14.5. The third-order valence-corrected chi connectivity index (χ3v) is 4.61. The Morgan fingerprint density at radius 2 is 2.04 bits per heavy atom. The fourth-order valence-corrected chi connectivity index (χ4v) is 3.11. The molecule has 0 saturated carbocycles. The van der Waals surface area contributed by atoms with Crippen LogP contribution in [-0.2, 0) is 6.54 Å². The summed E-state index contributed by atoms with van der Waals surface area (Å²) in [7, 11) is 0. The predicted octanol–water partition coefficient (Wildman–Crippen LogP) is 2.08. The molecule has 1 aliphatic rings. The van der Waals surface area contributed by atoms with Gasteiger partial charge < -0.3 is 15.2 Å². The van der Waals surface area contributed by atoms with Crippen LogP contribution < -0.4 is 5.73 Å². The van der Waals surface area contributed by atoms with Crippen LogP contribution in [0.2, 0.25) is 0 Å². The molecule has 1 atom stereocenters. The average molecular weight is 374 g/mol. The molecular formula is C17H19FN6OS. The third kappa shape index (κ3) is 3.34. The van der Waals surface area contributed by atoms with Gasteiger partial charge in [-0.15, -0.1) is 10.2 Å². The quantitative estimate of drug-likeness (QED) is 0.505. The molecule has 1 aliphatic heterocycles. The van der Waals surface area contributed by atoms with Crippen molar-refractivity contribution < 1.29 is 9.18 Å². The molecule has 2 heterocycles. The summed E-state index contributed by atoms with van der Waals surface area (Å²) in [5, 5.41) is 8.33. The van der Waals surface area contributed by atoms with Gasteiger partial charge in [-0.1, -0.05) is 19.1 Å². The number of halogens is 1. The molecule has 0 bridgehead atoms. The number of carbonyl (C=O) groups is 1. The van der Waals surface area contributed by atoms with Crippen LogP contribution >= 0.6 is 12.2 Å². The number of hydrogen-bond acceptors (Lipinski definition) is 4. The second-order valence-electron chi connectivity index (χ2n) is 5.98. The third-order valence-electron chi connectivity index (χ3n) is 4.34. The lowest BCUT2D eigenvalue weighted by atomic mass is 10.1. The molecule has 0 spiro atoms. The van der Waals surface area contributed by atoms with E-state index in [0.29, 0.717) is 42.6 Å². The number of amidine groups is 1. The minimum Gasteiger partial charge on any atom is -0.387 e. The van der Waals surface area contributed by atoms with E-state index in [1.54, 1.807) is 4.90 Å². The molecule has 1 amide bonds. The normalized spacial score (nSPS) is 17.1. The zero-order chi connectivity index (χ0) is 18.8. The van der Waals surface area contributed by atoms with Crippen LogP contribution in [0.3, 0.4) is 0 Å². The number of nitrogens with zero attached hydrogens (tertiary/aromatic N) is 5. The fraction of sp³-hybridized carbons (Fsp3) is 0.353. The number of rotatable bonds is 3. The van der Waals surface area contributed by atoms with Crippen molar-refractivity contribution >= 4 is 28.9 Å². The van der Waals surface area contributed by atoms with Crippen LogP contribution in [0.25, 0.3) is 0 Å². The molecule has 3 rings (SSSR count).